The molecule has 1 aromatic heterocycles. The first-order valence-electron chi connectivity index (χ1n) is 12.5. The van der Waals surface area contributed by atoms with E-state index in [1.54, 1.807) is 16.2 Å². The number of aromatic nitrogens is 2. The van der Waals surface area contributed by atoms with Crippen molar-refractivity contribution in [1.82, 2.24) is 14.5 Å². The number of nitrogens with one attached hydrogen (secondary N) is 1. The third-order valence-corrected chi connectivity index (χ3v) is 13.6. The molecule has 0 bridgehead atoms. The van der Waals surface area contributed by atoms with Crippen LogP contribution >= 0.6 is 0 Å². The predicted molar refractivity (Wildman–Crippen MR) is 134 cm³/mol. The number of fused-ring (bicyclic) bond motifs is 1. The lowest BCUT2D eigenvalue weighted by atomic mass is 9.49. The van der Waals surface area contributed by atoms with E-state index >= 15 is 0 Å². The molecule has 1 saturated heterocycles. The number of amides is 2. The van der Waals surface area contributed by atoms with Gasteiger partial charge in [0.2, 0.25) is 11.8 Å². The summed E-state index contributed by atoms with van der Waals surface area (Å²) >= 11 is 0. The van der Waals surface area contributed by atoms with Crippen molar-refractivity contribution in [3.05, 3.63) is 34.2 Å². The van der Waals surface area contributed by atoms with Crippen LogP contribution in [0.25, 0.3) is 11.0 Å². The van der Waals surface area contributed by atoms with Gasteiger partial charge in [0.25, 0.3) is 0 Å². The highest BCUT2D eigenvalue weighted by Crippen LogP contribution is 2.63. The Kier molecular flexibility index (Phi) is 5.30. The predicted octanol–water partition coefficient (Wildman–Crippen LogP) is 4.37. The molecule has 8 heteroatoms. The van der Waals surface area contributed by atoms with Gasteiger partial charge in [-0.3, -0.25) is 24.0 Å². The quantitative estimate of drug-likeness (QED) is 0.517. The van der Waals surface area contributed by atoms with E-state index in [1.165, 1.54) is 31.2 Å². The van der Waals surface area contributed by atoms with Crippen LogP contribution in [-0.4, -0.2) is 35.4 Å². The summed E-state index contributed by atoms with van der Waals surface area (Å²) in [6.07, 6.45) is 5.71. The largest absolute Gasteiger partial charge is 0.414 e. The van der Waals surface area contributed by atoms with E-state index in [4.69, 9.17) is 4.43 Å². The van der Waals surface area contributed by atoms with Gasteiger partial charge in [0.15, 0.2) is 8.32 Å². The Bertz CT molecular complexity index is 1220. The Morgan fingerprint density at radius 1 is 1.06 bits per heavy atom. The van der Waals surface area contributed by atoms with E-state index in [0.29, 0.717) is 23.9 Å². The Hall–Kier alpha value is -2.19. The lowest BCUT2D eigenvalue weighted by Crippen LogP contribution is -2.54. The molecule has 1 aliphatic heterocycles. The van der Waals surface area contributed by atoms with Crippen LogP contribution < -0.4 is 11.0 Å². The minimum Gasteiger partial charge on any atom is -0.414 e. The van der Waals surface area contributed by atoms with Crippen molar-refractivity contribution in [1.29, 1.82) is 0 Å². The van der Waals surface area contributed by atoms with Gasteiger partial charge in [0, 0.05) is 19.6 Å². The maximum atomic E-state index is 13.0. The molecule has 34 heavy (non-hydrogen) atoms. The number of hydrogen-bond donors (Lipinski definition) is 1. The number of imidazole rings is 1. The van der Waals surface area contributed by atoms with E-state index < -0.39 is 20.3 Å². The fourth-order valence-corrected chi connectivity index (χ4v) is 7.36. The van der Waals surface area contributed by atoms with Crippen LogP contribution in [0.5, 0.6) is 0 Å². The molecule has 3 aliphatic rings. The number of hydrogen-bond acceptors (Lipinski definition) is 4. The number of carbonyl (C=O) groups excluding carboxylic acids is 2. The number of nitrogens with zero attached hydrogens (tertiary/aromatic N) is 2. The van der Waals surface area contributed by atoms with Crippen molar-refractivity contribution < 1.29 is 14.0 Å². The molecule has 2 amide bonds. The van der Waals surface area contributed by atoms with E-state index in [-0.39, 0.29) is 23.1 Å². The van der Waals surface area contributed by atoms with E-state index in [2.05, 4.69) is 51.3 Å². The maximum absolute atomic E-state index is 13.0. The van der Waals surface area contributed by atoms with Crippen LogP contribution in [0.15, 0.2) is 23.0 Å². The summed E-state index contributed by atoms with van der Waals surface area (Å²) in [5.41, 5.74) is 3.09. The number of imide groups is 1. The molecule has 1 unspecified atom stereocenters. The first-order chi connectivity index (χ1) is 15.8. The van der Waals surface area contributed by atoms with Crippen LogP contribution in [0.4, 0.5) is 0 Å². The van der Waals surface area contributed by atoms with E-state index in [0.717, 1.165) is 11.0 Å². The van der Waals surface area contributed by atoms with Gasteiger partial charge in [0.05, 0.1) is 11.0 Å². The zero-order chi connectivity index (χ0) is 24.6. The van der Waals surface area contributed by atoms with Crippen molar-refractivity contribution >= 4 is 31.2 Å². The second-order valence-electron chi connectivity index (χ2n) is 12.4. The highest BCUT2D eigenvalue weighted by atomic mass is 28.4. The Labute approximate surface area is 202 Å². The Morgan fingerprint density at radius 3 is 2.35 bits per heavy atom. The van der Waals surface area contributed by atoms with E-state index in [9.17, 15) is 14.4 Å². The summed E-state index contributed by atoms with van der Waals surface area (Å²) in [6.45, 7) is 11.6. The van der Waals surface area contributed by atoms with Crippen LogP contribution in [0, 0.1) is 5.41 Å². The molecule has 7 nitrogen and oxygen atoms in total. The zero-order valence-electron chi connectivity index (χ0n) is 21.2. The molecule has 1 atom stereocenters. The fourth-order valence-electron chi connectivity index (χ4n) is 6.00. The molecule has 1 N–H and O–H groups in total. The summed E-state index contributed by atoms with van der Waals surface area (Å²) in [5, 5.41) is 2.61. The normalized spacial score (nSPS) is 29.8. The lowest BCUT2D eigenvalue weighted by molar-refractivity contribution is -0.135. The van der Waals surface area contributed by atoms with Crippen molar-refractivity contribution in [3.8, 4) is 0 Å². The summed E-state index contributed by atoms with van der Waals surface area (Å²) in [6, 6.07) is 5.58. The number of piperidine rings is 1. The molecule has 2 heterocycles. The number of carbonyl (C=O) groups is 2. The van der Waals surface area contributed by atoms with Gasteiger partial charge >= 0.3 is 5.69 Å². The molecule has 1 spiro atoms. The monoisotopic (exact) mass is 483 g/mol. The van der Waals surface area contributed by atoms with Crippen molar-refractivity contribution in [2.45, 2.75) is 95.5 Å². The van der Waals surface area contributed by atoms with Gasteiger partial charge in [-0.25, -0.2) is 4.79 Å². The van der Waals surface area contributed by atoms with Gasteiger partial charge in [-0.2, -0.15) is 0 Å². The SMILES string of the molecule is Cn1c(=O)n(C2CCC(=O)NC2=O)c2ccc(C3CC4(CC(O[Si](C)(C)C(C)(C)C)C4)C3)cc21. The third-order valence-electron chi connectivity index (χ3n) is 9.05. The number of aryl methyl sites for hydroxylation is 1. The zero-order valence-corrected chi connectivity index (χ0v) is 22.2. The average Bonchev–Trinajstić information content (AvgIpc) is 2.92. The molecule has 3 fully saturated rings. The summed E-state index contributed by atoms with van der Waals surface area (Å²) in [5.74, 6) is -0.161. The molecule has 2 saturated carbocycles. The van der Waals surface area contributed by atoms with Gasteiger partial charge in [-0.05, 0) is 79.3 Å². The molecule has 184 valence electrons. The third kappa shape index (κ3) is 3.70. The highest BCUT2D eigenvalue weighted by molar-refractivity contribution is 6.74. The first-order valence-corrected chi connectivity index (χ1v) is 15.4. The maximum Gasteiger partial charge on any atom is 0.329 e. The standard InChI is InChI=1S/C26H37N3O4Si/c1-25(2,3)34(5,6)33-18-14-26(15-18)12-17(13-26)16-7-8-19-21(11-16)28(4)24(32)29(19)20-9-10-22(30)27-23(20)31/h7-8,11,17-18,20H,9-10,12-15H2,1-6H3,(H,27,30,31). The highest BCUT2D eigenvalue weighted by Gasteiger charge is 2.55. The van der Waals surface area contributed by atoms with Crippen molar-refractivity contribution in [3.63, 3.8) is 0 Å². The van der Waals surface area contributed by atoms with Crippen LogP contribution in [0.2, 0.25) is 18.1 Å². The van der Waals surface area contributed by atoms with E-state index in [1.807, 2.05) is 6.07 Å². The minimum atomic E-state index is -1.71. The van der Waals surface area contributed by atoms with Crippen molar-refractivity contribution in [2.24, 2.45) is 12.5 Å². The molecule has 2 aliphatic carbocycles. The van der Waals surface area contributed by atoms with Gasteiger partial charge in [-0.15, -0.1) is 0 Å². The van der Waals surface area contributed by atoms with Crippen LogP contribution in [0.3, 0.4) is 0 Å². The van der Waals surface area contributed by atoms with Crippen molar-refractivity contribution in [2.75, 3.05) is 0 Å². The Morgan fingerprint density at radius 2 is 1.74 bits per heavy atom. The second kappa shape index (κ2) is 7.65. The molecule has 1 aromatic carbocycles. The lowest BCUT2D eigenvalue weighted by Gasteiger charge is -2.59. The number of rotatable bonds is 4. The first kappa shape index (κ1) is 23.5. The second-order valence-corrected chi connectivity index (χ2v) is 17.2. The van der Waals surface area contributed by atoms with Gasteiger partial charge in [0.1, 0.15) is 6.04 Å². The minimum absolute atomic E-state index is 0.212. The average molecular weight is 484 g/mol. The smallest absolute Gasteiger partial charge is 0.329 e. The number of benzene rings is 1. The molecular formula is C26H37N3O4Si. The van der Waals surface area contributed by atoms with Gasteiger partial charge in [-0.1, -0.05) is 26.8 Å². The summed E-state index contributed by atoms with van der Waals surface area (Å²) < 4.78 is 9.80. The van der Waals surface area contributed by atoms with Gasteiger partial charge < -0.3 is 4.43 Å². The molecule has 5 rings (SSSR count). The molecular weight excluding hydrogens is 446 g/mol. The van der Waals surface area contributed by atoms with Crippen LogP contribution in [0.1, 0.15) is 76.8 Å². The fraction of sp³-hybridized carbons (Fsp3) is 0.654. The molecule has 2 aromatic rings. The Balaban J connectivity index is 1.29. The summed E-state index contributed by atoms with van der Waals surface area (Å²) in [4.78, 5) is 37.0. The summed E-state index contributed by atoms with van der Waals surface area (Å²) in [7, 11) is 0.0429. The molecule has 0 radical (unpaired) electrons. The topological polar surface area (TPSA) is 82.3 Å². The van der Waals surface area contributed by atoms with Crippen LogP contribution in [-0.2, 0) is 21.1 Å².